The van der Waals surface area contributed by atoms with E-state index in [1.807, 2.05) is 27.7 Å². The molecular weight excluding hydrogens is 304 g/mol. The lowest BCUT2D eigenvalue weighted by Gasteiger charge is -2.56. The molecule has 0 saturated carbocycles. The van der Waals surface area contributed by atoms with E-state index in [0.29, 0.717) is 11.3 Å². The maximum absolute atomic E-state index is 12.7. The average molecular weight is 336 g/mol. The summed E-state index contributed by atoms with van der Waals surface area (Å²) in [4.78, 5) is 15.0. The van der Waals surface area contributed by atoms with E-state index in [9.17, 15) is 4.79 Å². The first-order chi connectivity index (χ1) is 10.9. The fourth-order valence-corrected chi connectivity index (χ4v) is 4.69. The van der Waals surface area contributed by atoms with E-state index in [4.69, 9.17) is 14.9 Å². The van der Waals surface area contributed by atoms with Gasteiger partial charge >= 0.3 is 5.97 Å². The van der Waals surface area contributed by atoms with Gasteiger partial charge in [-0.05, 0) is 55.4 Å². The minimum Gasteiger partial charge on any atom is -0.465 e. The van der Waals surface area contributed by atoms with Crippen LogP contribution in [0.15, 0.2) is 4.42 Å². The van der Waals surface area contributed by atoms with Crippen LogP contribution in [0.25, 0.3) is 0 Å². The molecule has 2 N–H and O–H groups in total. The Morgan fingerprint density at radius 3 is 2.04 bits per heavy atom. The third-order valence-corrected chi connectivity index (χ3v) is 5.21. The van der Waals surface area contributed by atoms with Crippen molar-refractivity contribution in [2.45, 2.75) is 91.6 Å². The van der Waals surface area contributed by atoms with Gasteiger partial charge < -0.3 is 14.9 Å². The largest absolute Gasteiger partial charge is 0.465 e. The Labute approximate surface area is 145 Å². The van der Waals surface area contributed by atoms with Crippen LogP contribution in [0, 0.1) is 20.8 Å². The van der Waals surface area contributed by atoms with Gasteiger partial charge in [0.2, 0.25) is 0 Å². The molecule has 136 valence electrons. The minimum atomic E-state index is -0.285. The van der Waals surface area contributed by atoms with Crippen LogP contribution in [0.5, 0.6) is 0 Å². The summed E-state index contributed by atoms with van der Waals surface area (Å²) in [6, 6.07) is 0. The summed E-state index contributed by atoms with van der Waals surface area (Å²) in [6.07, 6.45) is 1.34. The summed E-state index contributed by atoms with van der Waals surface area (Å²) < 4.78 is 11.4. The molecule has 0 aromatic carbocycles. The standard InChI is InChI=1S/C19H32N2O3/c1-11-12(2)23-13(3)16(11)17(22)24-15-9-18(5,6)21(14(4)20)19(7,8)10-15/h14-15H,9-10,20H2,1-8H3. The van der Waals surface area contributed by atoms with Gasteiger partial charge in [-0.1, -0.05) is 0 Å². The Morgan fingerprint density at radius 2 is 1.67 bits per heavy atom. The van der Waals surface area contributed by atoms with Crippen LogP contribution in [0.2, 0.25) is 0 Å². The number of hydrogen-bond donors (Lipinski definition) is 1. The molecule has 0 amide bonds. The second kappa shape index (κ2) is 6.19. The van der Waals surface area contributed by atoms with Gasteiger partial charge in [0.1, 0.15) is 23.2 Å². The van der Waals surface area contributed by atoms with Crippen molar-refractivity contribution in [2.24, 2.45) is 5.73 Å². The first-order valence-electron chi connectivity index (χ1n) is 8.69. The lowest BCUT2D eigenvalue weighted by molar-refractivity contribution is -0.104. The number of piperidine rings is 1. The number of esters is 1. The molecule has 24 heavy (non-hydrogen) atoms. The Kier molecular flexibility index (Phi) is 4.90. The molecule has 5 heteroatoms. The van der Waals surface area contributed by atoms with E-state index >= 15 is 0 Å². The molecule has 5 nitrogen and oxygen atoms in total. The highest BCUT2D eigenvalue weighted by Crippen LogP contribution is 2.40. The van der Waals surface area contributed by atoms with Gasteiger partial charge in [-0.25, -0.2) is 4.79 Å². The monoisotopic (exact) mass is 336 g/mol. The van der Waals surface area contributed by atoms with Crippen molar-refractivity contribution in [1.82, 2.24) is 4.90 Å². The maximum atomic E-state index is 12.7. The topological polar surface area (TPSA) is 68.7 Å². The zero-order chi connectivity index (χ0) is 18.4. The molecule has 1 atom stereocenters. The molecule has 1 aromatic rings. The molecule has 0 aliphatic carbocycles. The molecule has 1 unspecified atom stereocenters. The number of hydrogen-bond acceptors (Lipinski definition) is 5. The summed E-state index contributed by atoms with van der Waals surface area (Å²) in [6.45, 7) is 16.2. The van der Waals surface area contributed by atoms with Crippen molar-refractivity contribution in [3.05, 3.63) is 22.6 Å². The summed E-state index contributed by atoms with van der Waals surface area (Å²) in [5.74, 6) is 1.11. The van der Waals surface area contributed by atoms with Crippen LogP contribution in [-0.2, 0) is 4.74 Å². The number of aryl methyl sites for hydroxylation is 2. The van der Waals surface area contributed by atoms with Gasteiger partial charge in [-0.15, -0.1) is 0 Å². The molecule has 2 heterocycles. The van der Waals surface area contributed by atoms with Crippen LogP contribution in [0.3, 0.4) is 0 Å². The van der Waals surface area contributed by atoms with Crippen molar-refractivity contribution in [1.29, 1.82) is 0 Å². The molecule has 0 bridgehead atoms. The lowest BCUT2D eigenvalue weighted by Crippen LogP contribution is -2.66. The number of furan rings is 1. The van der Waals surface area contributed by atoms with Crippen molar-refractivity contribution >= 4 is 5.97 Å². The highest BCUT2D eigenvalue weighted by atomic mass is 16.5. The van der Waals surface area contributed by atoms with Crippen molar-refractivity contribution in [2.75, 3.05) is 0 Å². The second-order valence-corrected chi connectivity index (χ2v) is 8.39. The normalized spacial score (nSPS) is 22.4. The molecule has 1 saturated heterocycles. The van der Waals surface area contributed by atoms with Gasteiger partial charge in [-0.3, -0.25) is 4.90 Å². The van der Waals surface area contributed by atoms with E-state index in [-0.39, 0.29) is 29.3 Å². The van der Waals surface area contributed by atoms with Gasteiger partial charge in [-0.2, -0.15) is 0 Å². The van der Waals surface area contributed by atoms with Crippen molar-refractivity contribution in [3.8, 4) is 0 Å². The van der Waals surface area contributed by atoms with Crippen LogP contribution in [0.1, 0.15) is 74.9 Å². The summed E-state index contributed by atoms with van der Waals surface area (Å²) in [5, 5.41) is 0. The highest BCUT2D eigenvalue weighted by Gasteiger charge is 2.48. The molecule has 1 fully saturated rings. The molecule has 0 spiro atoms. The van der Waals surface area contributed by atoms with E-state index in [1.165, 1.54) is 0 Å². The smallest absolute Gasteiger partial charge is 0.342 e. The summed E-state index contributed by atoms with van der Waals surface area (Å²) in [5.41, 5.74) is 7.35. The third kappa shape index (κ3) is 3.38. The Balaban J connectivity index is 2.21. The van der Waals surface area contributed by atoms with Crippen LogP contribution < -0.4 is 5.73 Å². The summed E-state index contributed by atoms with van der Waals surface area (Å²) in [7, 11) is 0. The van der Waals surface area contributed by atoms with Crippen LogP contribution >= 0.6 is 0 Å². The zero-order valence-corrected chi connectivity index (χ0v) is 16.3. The van der Waals surface area contributed by atoms with Gasteiger partial charge in [0.15, 0.2) is 0 Å². The zero-order valence-electron chi connectivity index (χ0n) is 16.3. The predicted molar refractivity (Wildman–Crippen MR) is 95.0 cm³/mol. The SMILES string of the molecule is Cc1oc(C)c(C(=O)OC2CC(C)(C)N(C(C)N)C(C)(C)C2)c1C. The van der Waals surface area contributed by atoms with Gasteiger partial charge in [0.25, 0.3) is 0 Å². The predicted octanol–water partition coefficient (Wildman–Crippen LogP) is 3.69. The molecule has 2 rings (SSSR count). The van der Waals surface area contributed by atoms with Crippen molar-refractivity contribution < 1.29 is 13.9 Å². The Bertz CT molecular complexity index is 611. The van der Waals surface area contributed by atoms with E-state index in [0.717, 1.165) is 24.2 Å². The number of nitrogens with zero attached hydrogens (tertiary/aromatic N) is 1. The molecule has 1 aromatic heterocycles. The van der Waals surface area contributed by atoms with Gasteiger partial charge in [0, 0.05) is 29.5 Å². The molecule has 0 radical (unpaired) electrons. The lowest BCUT2D eigenvalue weighted by atomic mass is 9.77. The van der Waals surface area contributed by atoms with E-state index in [1.54, 1.807) is 0 Å². The maximum Gasteiger partial charge on any atom is 0.342 e. The number of rotatable bonds is 3. The summed E-state index contributed by atoms with van der Waals surface area (Å²) >= 11 is 0. The first-order valence-corrected chi connectivity index (χ1v) is 8.69. The van der Waals surface area contributed by atoms with Crippen LogP contribution in [-0.4, -0.2) is 34.2 Å². The minimum absolute atomic E-state index is 0.0485. The number of nitrogens with two attached hydrogens (primary N) is 1. The van der Waals surface area contributed by atoms with Crippen LogP contribution in [0.4, 0.5) is 0 Å². The Morgan fingerprint density at radius 1 is 1.17 bits per heavy atom. The number of likely N-dealkylation sites (tertiary alicyclic amines) is 1. The number of ether oxygens (including phenoxy) is 1. The first kappa shape index (κ1) is 19.0. The molecule has 1 aliphatic heterocycles. The number of carbonyl (C=O) groups excluding carboxylic acids is 1. The fraction of sp³-hybridized carbons (Fsp3) is 0.737. The number of carbonyl (C=O) groups is 1. The van der Waals surface area contributed by atoms with E-state index < -0.39 is 0 Å². The molecule has 1 aliphatic rings. The van der Waals surface area contributed by atoms with Crippen molar-refractivity contribution in [3.63, 3.8) is 0 Å². The van der Waals surface area contributed by atoms with Gasteiger partial charge in [0.05, 0.1) is 6.17 Å². The third-order valence-electron chi connectivity index (χ3n) is 5.21. The van der Waals surface area contributed by atoms with E-state index in [2.05, 4.69) is 32.6 Å². The highest BCUT2D eigenvalue weighted by molar-refractivity contribution is 5.92. The second-order valence-electron chi connectivity index (χ2n) is 8.39. The fourth-order valence-electron chi connectivity index (χ4n) is 4.69. The quantitative estimate of drug-likeness (QED) is 0.853. The molecular formula is C19H32N2O3. The average Bonchev–Trinajstić information content (AvgIpc) is 2.58. The Hall–Kier alpha value is -1.33.